The van der Waals surface area contributed by atoms with E-state index in [1.807, 2.05) is 30.3 Å². The molecule has 0 aliphatic heterocycles. The number of hydrogen-bond donors (Lipinski definition) is 2. The first-order valence-electron chi connectivity index (χ1n) is 4.44. The number of benzene rings is 1. The van der Waals surface area contributed by atoms with Gasteiger partial charge in [-0.3, -0.25) is 0 Å². The molecule has 1 rings (SSSR count). The fourth-order valence-electron chi connectivity index (χ4n) is 0.995. The molecule has 0 atom stereocenters. The van der Waals surface area contributed by atoms with Crippen LogP contribution in [0.4, 0.5) is 0 Å². The molecule has 0 bridgehead atoms. The van der Waals surface area contributed by atoms with Crippen molar-refractivity contribution >= 4 is 11.7 Å². The highest BCUT2D eigenvalue weighted by atomic mass is 16.7. The lowest BCUT2D eigenvalue weighted by molar-refractivity contribution is -0.485. The van der Waals surface area contributed by atoms with Crippen LogP contribution in [0.25, 0.3) is 0 Å². The summed E-state index contributed by atoms with van der Waals surface area (Å²) in [4.78, 5) is 9.97. The number of hydrogen-bond acceptors (Lipinski definition) is 3. The van der Waals surface area contributed by atoms with Gasteiger partial charge >= 0.3 is 0 Å². The zero-order valence-electron chi connectivity index (χ0n) is 8.62. The van der Waals surface area contributed by atoms with Gasteiger partial charge in [-0.2, -0.15) is 5.10 Å². The highest BCUT2D eigenvalue weighted by Crippen LogP contribution is 1.99. The predicted molar refractivity (Wildman–Crippen MR) is 60.4 cm³/mol. The zero-order chi connectivity index (χ0) is 12.0. The Morgan fingerprint density at radius 2 is 2.06 bits per heavy atom. The first-order valence-corrected chi connectivity index (χ1v) is 4.44. The Hall–Kier alpha value is -2.44. The van der Waals surface area contributed by atoms with E-state index in [0.717, 1.165) is 5.56 Å². The molecule has 7 nitrogen and oxygen atoms in total. The van der Waals surface area contributed by atoms with E-state index in [9.17, 15) is 10.1 Å². The van der Waals surface area contributed by atoms with Gasteiger partial charge in [-0.05, 0) is 12.5 Å². The molecule has 0 radical (unpaired) electrons. The molecule has 1 aromatic carbocycles. The van der Waals surface area contributed by atoms with Gasteiger partial charge in [-0.15, -0.1) is 0 Å². The van der Waals surface area contributed by atoms with E-state index >= 15 is 0 Å². The second-order valence-corrected chi connectivity index (χ2v) is 2.90. The van der Waals surface area contributed by atoms with Crippen molar-refractivity contribution in [1.82, 2.24) is 5.43 Å². The molecule has 1 aromatic rings. The molecule has 16 heavy (non-hydrogen) atoms. The standard InChI is InChI=1S/C9H11N5O2/c1-7(8-5-3-2-4-6-8)11-12-9(10)13-14(15)16/h2-6H,1H3,(H3,10,12,13). The molecule has 3 N–H and O–H groups in total. The summed E-state index contributed by atoms with van der Waals surface area (Å²) >= 11 is 0. The Kier molecular flexibility index (Phi) is 3.96. The lowest BCUT2D eigenvalue weighted by Gasteiger charge is -2.00. The maximum Gasteiger partial charge on any atom is 0.286 e. The summed E-state index contributed by atoms with van der Waals surface area (Å²) in [6, 6.07) is 9.33. The van der Waals surface area contributed by atoms with Crippen molar-refractivity contribution in [2.45, 2.75) is 6.92 Å². The van der Waals surface area contributed by atoms with Crippen LogP contribution in [-0.4, -0.2) is 16.7 Å². The summed E-state index contributed by atoms with van der Waals surface area (Å²) in [5, 5.41) is 15.8. The monoisotopic (exact) mass is 221 g/mol. The van der Waals surface area contributed by atoms with Crippen molar-refractivity contribution in [1.29, 1.82) is 0 Å². The highest BCUT2D eigenvalue weighted by Gasteiger charge is 1.98. The number of rotatable bonds is 3. The van der Waals surface area contributed by atoms with Gasteiger partial charge in [0.2, 0.25) is 0 Å². The van der Waals surface area contributed by atoms with Crippen LogP contribution in [0.15, 0.2) is 40.5 Å². The second-order valence-electron chi connectivity index (χ2n) is 2.90. The van der Waals surface area contributed by atoms with Gasteiger partial charge in [0.05, 0.1) is 5.71 Å². The van der Waals surface area contributed by atoms with E-state index in [0.29, 0.717) is 5.71 Å². The summed E-state index contributed by atoms with van der Waals surface area (Å²) < 4.78 is 0. The number of guanidine groups is 1. The van der Waals surface area contributed by atoms with Crippen LogP contribution in [0.5, 0.6) is 0 Å². The van der Waals surface area contributed by atoms with Crippen LogP contribution in [-0.2, 0) is 0 Å². The molecule has 7 heteroatoms. The third-order valence-electron chi connectivity index (χ3n) is 1.72. The van der Waals surface area contributed by atoms with Crippen LogP contribution in [0.2, 0.25) is 0 Å². The molecule has 0 spiro atoms. The second kappa shape index (κ2) is 5.44. The molecule has 0 saturated carbocycles. The fraction of sp³-hybridized carbons (Fsp3) is 0.111. The van der Waals surface area contributed by atoms with E-state index in [1.165, 1.54) is 0 Å². The van der Waals surface area contributed by atoms with Gasteiger partial charge in [0, 0.05) is 0 Å². The van der Waals surface area contributed by atoms with Crippen molar-refractivity contribution in [3.05, 3.63) is 46.0 Å². The number of nitro groups is 1. The van der Waals surface area contributed by atoms with E-state index in [-0.39, 0.29) is 5.96 Å². The molecule has 0 aromatic heterocycles. The Bertz CT molecular complexity index is 427. The molecule has 84 valence electrons. The Balaban J connectivity index is 2.69. The number of nitrogens with two attached hydrogens (primary N) is 1. The van der Waals surface area contributed by atoms with Gasteiger partial charge in [-0.25, -0.2) is 15.5 Å². The van der Waals surface area contributed by atoms with Gasteiger partial charge in [0.15, 0.2) is 5.03 Å². The van der Waals surface area contributed by atoms with E-state index in [2.05, 4.69) is 15.6 Å². The zero-order valence-corrected chi connectivity index (χ0v) is 8.62. The Labute approximate surface area is 91.8 Å². The van der Waals surface area contributed by atoms with Gasteiger partial charge in [-0.1, -0.05) is 30.3 Å². The average molecular weight is 221 g/mol. The Morgan fingerprint density at radius 3 is 2.62 bits per heavy atom. The fourth-order valence-corrected chi connectivity index (χ4v) is 0.995. The average Bonchev–Trinajstić information content (AvgIpc) is 2.26. The summed E-state index contributed by atoms with van der Waals surface area (Å²) in [5.74, 6) is -0.361. The van der Waals surface area contributed by atoms with Gasteiger partial charge in [0.25, 0.3) is 5.96 Å². The predicted octanol–water partition coefficient (Wildman–Crippen LogP) is 0.507. The van der Waals surface area contributed by atoms with Crippen LogP contribution < -0.4 is 11.2 Å². The smallest absolute Gasteiger partial charge is 0.286 e. The first kappa shape index (κ1) is 11.6. The maximum absolute atomic E-state index is 9.97. The molecular weight excluding hydrogens is 210 g/mol. The molecule has 0 unspecified atom stereocenters. The number of hydrazone groups is 2. The van der Waals surface area contributed by atoms with Crippen molar-refractivity contribution < 1.29 is 5.03 Å². The quantitative estimate of drug-likeness (QED) is 0.335. The molecular formula is C9H11N5O2. The van der Waals surface area contributed by atoms with Crippen molar-refractivity contribution in [3.63, 3.8) is 0 Å². The van der Waals surface area contributed by atoms with Gasteiger partial charge in [0.1, 0.15) is 5.10 Å². The normalized spacial score (nSPS) is 12.3. The Morgan fingerprint density at radius 1 is 1.44 bits per heavy atom. The maximum atomic E-state index is 9.97. The topological polar surface area (TPSA) is 106 Å². The van der Waals surface area contributed by atoms with Crippen LogP contribution >= 0.6 is 0 Å². The lowest BCUT2D eigenvalue weighted by Crippen LogP contribution is -2.29. The summed E-state index contributed by atoms with van der Waals surface area (Å²) in [6.45, 7) is 1.75. The third kappa shape index (κ3) is 3.74. The van der Waals surface area contributed by atoms with Crippen molar-refractivity contribution in [3.8, 4) is 0 Å². The minimum Gasteiger partial charge on any atom is -0.363 e. The minimum atomic E-state index is -0.893. The van der Waals surface area contributed by atoms with Gasteiger partial charge < -0.3 is 5.73 Å². The van der Waals surface area contributed by atoms with E-state index in [4.69, 9.17) is 5.73 Å². The van der Waals surface area contributed by atoms with Crippen molar-refractivity contribution in [2.24, 2.45) is 15.9 Å². The lowest BCUT2D eigenvalue weighted by atomic mass is 10.1. The van der Waals surface area contributed by atoms with Crippen LogP contribution in [0.3, 0.4) is 0 Å². The SMILES string of the molecule is CC(=NNC(N)=N[N+](=O)[O-])c1ccccc1. The van der Waals surface area contributed by atoms with E-state index in [1.54, 1.807) is 6.92 Å². The number of nitrogens with one attached hydrogen (secondary N) is 1. The first-order chi connectivity index (χ1) is 7.59. The van der Waals surface area contributed by atoms with E-state index < -0.39 is 5.03 Å². The highest BCUT2D eigenvalue weighted by molar-refractivity contribution is 5.99. The minimum absolute atomic E-state index is 0.361. The van der Waals surface area contributed by atoms with Crippen LogP contribution in [0, 0.1) is 10.1 Å². The summed E-state index contributed by atoms with van der Waals surface area (Å²) in [6.07, 6.45) is 0. The molecule has 0 heterocycles. The molecule has 0 aliphatic rings. The van der Waals surface area contributed by atoms with Crippen LogP contribution in [0.1, 0.15) is 12.5 Å². The number of nitrogens with zero attached hydrogens (tertiary/aromatic N) is 3. The summed E-state index contributed by atoms with van der Waals surface area (Å²) in [5.41, 5.74) is 9.02. The summed E-state index contributed by atoms with van der Waals surface area (Å²) in [7, 11) is 0. The third-order valence-corrected chi connectivity index (χ3v) is 1.72. The molecule has 0 fully saturated rings. The molecule has 0 aliphatic carbocycles. The molecule has 0 saturated heterocycles. The molecule has 0 amide bonds. The van der Waals surface area contributed by atoms with Crippen molar-refractivity contribution in [2.75, 3.05) is 0 Å². The largest absolute Gasteiger partial charge is 0.363 e.